The van der Waals surface area contributed by atoms with Gasteiger partial charge in [-0.2, -0.15) is 5.10 Å². The van der Waals surface area contributed by atoms with Gasteiger partial charge in [0.05, 0.1) is 17.3 Å². The van der Waals surface area contributed by atoms with Gasteiger partial charge in [0.1, 0.15) is 12.4 Å². The van der Waals surface area contributed by atoms with Crippen molar-refractivity contribution in [2.24, 2.45) is 10.8 Å². The molecule has 1 aromatic heterocycles. The summed E-state index contributed by atoms with van der Waals surface area (Å²) in [6.07, 6.45) is -4.00. The highest BCUT2D eigenvalue weighted by Gasteiger charge is 2.21. The molecule has 0 fully saturated rings. The van der Waals surface area contributed by atoms with Crippen molar-refractivity contribution in [1.29, 1.82) is 0 Å². The van der Waals surface area contributed by atoms with Crippen LogP contribution in [0.2, 0.25) is 5.02 Å². The van der Waals surface area contributed by atoms with E-state index in [4.69, 9.17) is 27.6 Å². The Balaban J connectivity index is 2.48. The summed E-state index contributed by atoms with van der Waals surface area (Å²) in [6.45, 7) is -0.237. The van der Waals surface area contributed by atoms with Gasteiger partial charge in [-0.05, 0) is 23.2 Å². The van der Waals surface area contributed by atoms with Gasteiger partial charge in [0.15, 0.2) is 5.82 Å². The second-order valence-electron chi connectivity index (χ2n) is 4.38. The number of alkyl halides is 2. The number of hydrogen-bond donors (Lipinski definition) is 1. The number of carbonyl (C=O) groups excluding carboxylic acids is 1. The number of hydrogen-bond acceptors (Lipinski definition) is 5. The van der Waals surface area contributed by atoms with Gasteiger partial charge in [0.25, 0.3) is 6.43 Å². The number of amides is 1. The normalized spacial score (nSPS) is 11.8. The van der Waals surface area contributed by atoms with Gasteiger partial charge in [-0.25, -0.2) is 23.2 Å². The fraction of sp³-hybridized carbons (Fsp3) is 0.250. The Morgan fingerprint density at radius 3 is 2.92 bits per heavy atom. The second-order valence-corrected chi connectivity index (χ2v) is 4.79. The SMILES string of the molecule is [N-]=[N+]=NCC(OC(N)=O)c1ccc(Cl)c(-n2ncnc2C(F)F)c1. The molecule has 9 nitrogen and oxygen atoms in total. The van der Waals surface area contributed by atoms with Crippen molar-refractivity contribution in [3.8, 4) is 5.69 Å². The molecular weight excluding hydrogens is 348 g/mol. The minimum atomic E-state index is -2.87. The number of aromatic nitrogens is 3. The van der Waals surface area contributed by atoms with Gasteiger partial charge >= 0.3 is 6.09 Å². The van der Waals surface area contributed by atoms with Gasteiger partial charge in [-0.3, -0.25) is 0 Å². The van der Waals surface area contributed by atoms with Crippen LogP contribution in [-0.4, -0.2) is 27.4 Å². The van der Waals surface area contributed by atoms with Crippen LogP contribution in [0.3, 0.4) is 0 Å². The van der Waals surface area contributed by atoms with Crippen molar-refractivity contribution in [3.63, 3.8) is 0 Å². The summed E-state index contributed by atoms with van der Waals surface area (Å²) in [5, 5.41) is 7.16. The van der Waals surface area contributed by atoms with Gasteiger partial charge < -0.3 is 10.5 Å². The van der Waals surface area contributed by atoms with Crippen molar-refractivity contribution in [2.75, 3.05) is 6.54 Å². The zero-order chi connectivity index (χ0) is 17.7. The molecule has 0 saturated heterocycles. The first kappa shape index (κ1) is 17.4. The molecule has 0 aliphatic carbocycles. The molecule has 1 amide bonds. The summed E-state index contributed by atoms with van der Waals surface area (Å²) >= 11 is 6.03. The quantitative estimate of drug-likeness (QED) is 0.482. The van der Waals surface area contributed by atoms with Crippen LogP contribution in [-0.2, 0) is 4.74 Å². The zero-order valence-corrected chi connectivity index (χ0v) is 12.6. The maximum atomic E-state index is 13.0. The number of benzene rings is 1. The van der Waals surface area contributed by atoms with E-state index in [0.717, 1.165) is 11.0 Å². The molecule has 0 spiro atoms. The molecule has 0 aliphatic heterocycles. The molecule has 2 N–H and O–H groups in total. The predicted octanol–water partition coefficient (Wildman–Crippen LogP) is 3.31. The summed E-state index contributed by atoms with van der Waals surface area (Å²) in [7, 11) is 0. The average molecular weight is 358 g/mol. The van der Waals surface area contributed by atoms with Crippen LogP contribution >= 0.6 is 11.6 Å². The fourth-order valence-electron chi connectivity index (χ4n) is 1.94. The first-order valence-electron chi connectivity index (χ1n) is 6.39. The number of halogens is 3. The number of ether oxygens (including phenoxy) is 1. The molecule has 2 rings (SSSR count). The van der Waals surface area contributed by atoms with Crippen molar-refractivity contribution >= 4 is 17.7 Å². The molecule has 12 heteroatoms. The first-order chi connectivity index (χ1) is 11.4. The summed E-state index contributed by atoms with van der Waals surface area (Å²) < 4.78 is 31.7. The summed E-state index contributed by atoms with van der Waals surface area (Å²) in [5.74, 6) is -0.600. The Morgan fingerprint density at radius 2 is 2.29 bits per heavy atom. The lowest BCUT2D eigenvalue weighted by molar-refractivity contribution is 0.111. The van der Waals surface area contributed by atoms with Crippen molar-refractivity contribution < 1.29 is 18.3 Å². The Bertz CT molecular complexity index is 787. The molecule has 126 valence electrons. The molecule has 1 aromatic carbocycles. The zero-order valence-electron chi connectivity index (χ0n) is 11.9. The van der Waals surface area contributed by atoms with E-state index >= 15 is 0 Å². The molecular formula is C12H10ClF2N7O2. The third-order valence-electron chi connectivity index (χ3n) is 2.91. The van der Waals surface area contributed by atoms with E-state index in [1.807, 2.05) is 0 Å². The Morgan fingerprint density at radius 1 is 1.54 bits per heavy atom. The molecule has 0 bridgehead atoms. The van der Waals surface area contributed by atoms with Crippen molar-refractivity contribution in [2.45, 2.75) is 12.5 Å². The highest BCUT2D eigenvalue weighted by atomic mass is 35.5. The van der Waals surface area contributed by atoms with Crippen LogP contribution in [0.25, 0.3) is 16.1 Å². The minimum absolute atomic E-state index is 0.0981. The number of azide groups is 1. The number of rotatable bonds is 6. The van der Waals surface area contributed by atoms with E-state index in [2.05, 4.69) is 20.1 Å². The average Bonchev–Trinajstić information content (AvgIpc) is 3.01. The Labute approximate surface area is 138 Å². The maximum absolute atomic E-state index is 13.0. The third kappa shape index (κ3) is 3.89. The fourth-order valence-corrected chi connectivity index (χ4v) is 2.14. The largest absolute Gasteiger partial charge is 0.441 e. The van der Waals surface area contributed by atoms with E-state index in [0.29, 0.717) is 5.56 Å². The Hall–Kier alpha value is -2.91. The molecule has 0 radical (unpaired) electrons. The molecule has 0 saturated carbocycles. The third-order valence-corrected chi connectivity index (χ3v) is 3.23. The predicted molar refractivity (Wildman–Crippen MR) is 78.7 cm³/mol. The summed E-state index contributed by atoms with van der Waals surface area (Å²) in [5.41, 5.74) is 13.8. The number of carbonyl (C=O) groups is 1. The number of nitrogens with zero attached hydrogens (tertiary/aromatic N) is 6. The van der Waals surface area contributed by atoms with Gasteiger partial charge in [0.2, 0.25) is 0 Å². The van der Waals surface area contributed by atoms with Crippen LogP contribution in [0.4, 0.5) is 13.6 Å². The topological polar surface area (TPSA) is 132 Å². The van der Waals surface area contributed by atoms with E-state index in [1.165, 1.54) is 18.2 Å². The van der Waals surface area contributed by atoms with E-state index in [-0.39, 0.29) is 17.3 Å². The van der Waals surface area contributed by atoms with Crippen LogP contribution in [0.15, 0.2) is 29.6 Å². The lowest BCUT2D eigenvalue weighted by atomic mass is 10.1. The van der Waals surface area contributed by atoms with Crippen LogP contribution in [0, 0.1) is 0 Å². The molecule has 24 heavy (non-hydrogen) atoms. The highest BCUT2D eigenvalue weighted by Crippen LogP contribution is 2.29. The highest BCUT2D eigenvalue weighted by molar-refractivity contribution is 6.32. The molecule has 1 atom stereocenters. The van der Waals surface area contributed by atoms with Crippen molar-refractivity contribution in [3.05, 3.63) is 51.4 Å². The van der Waals surface area contributed by atoms with E-state index in [1.54, 1.807) is 0 Å². The molecule has 0 aliphatic rings. The van der Waals surface area contributed by atoms with E-state index in [9.17, 15) is 13.6 Å². The second kappa shape index (κ2) is 7.57. The number of nitrogens with two attached hydrogens (primary N) is 1. The lowest BCUT2D eigenvalue weighted by Gasteiger charge is -2.16. The smallest absolute Gasteiger partial charge is 0.405 e. The Kier molecular flexibility index (Phi) is 5.51. The van der Waals surface area contributed by atoms with E-state index < -0.39 is 24.4 Å². The van der Waals surface area contributed by atoms with Gasteiger partial charge in [-0.1, -0.05) is 22.8 Å². The summed E-state index contributed by atoms with van der Waals surface area (Å²) in [4.78, 5) is 17.0. The van der Waals surface area contributed by atoms with Gasteiger partial charge in [0, 0.05) is 4.91 Å². The minimum Gasteiger partial charge on any atom is -0.441 e. The molecule has 1 unspecified atom stereocenters. The summed E-state index contributed by atoms with van der Waals surface area (Å²) in [6, 6.07) is 4.24. The monoisotopic (exact) mass is 357 g/mol. The first-order valence-corrected chi connectivity index (χ1v) is 6.76. The van der Waals surface area contributed by atoms with Crippen LogP contribution < -0.4 is 5.73 Å². The van der Waals surface area contributed by atoms with Crippen LogP contribution in [0.5, 0.6) is 0 Å². The van der Waals surface area contributed by atoms with Crippen molar-refractivity contribution in [1.82, 2.24) is 14.8 Å². The molecule has 2 aromatic rings. The van der Waals surface area contributed by atoms with Crippen LogP contribution in [0.1, 0.15) is 23.9 Å². The van der Waals surface area contributed by atoms with Gasteiger partial charge in [-0.15, -0.1) is 0 Å². The molecule has 1 heterocycles. The lowest BCUT2D eigenvalue weighted by Crippen LogP contribution is -2.19. The standard InChI is InChI=1S/C12H10ClF2N7O2/c13-7-2-1-6(9(4-19-21-17)24-12(16)23)3-8(7)22-11(10(14)15)18-5-20-22/h1-3,5,9-10H,4H2,(H2,16,23). The maximum Gasteiger partial charge on any atom is 0.405 e. The number of primary amides is 1.